The molecule has 0 aliphatic rings. The maximum Gasteiger partial charge on any atom is 0.246 e. The number of imidazole rings is 1. The predicted octanol–water partition coefficient (Wildman–Crippen LogP) is 5.05. The summed E-state index contributed by atoms with van der Waals surface area (Å²) in [5.74, 6) is 1.07. The van der Waals surface area contributed by atoms with E-state index in [0.717, 1.165) is 37.0 Å². The first kappa shape index (κ1) is 19.9. The number of hydrogen-bond donors (Lipinski definition) is 1. The molecule has 0 aliphatic carbocycles. The van der Waals surface area contributed by atoms with Crippen molar-refractivity contribution in [2.75, 3.05) is 6.54 Å². The van der Waals surface area contributed by atoms with Gasteiger partial charge in [0.05, 0.1) is 17.1 Å². The number of amides is 1. The second-order valence-corrected chi connectivity index (χ2v) is 7.32. The third-order valence-electron chi connectivity index (χ3n) is 5.09. The van der Waals surface area contributed by atoms with E-state index in [1.807, 2.05) is 6.07 Å². The molecule has 1 aromatic heterocycles. The minimum absolute atomic E-state index is 0.0570. The molecule has 3 aromatic rings. The lowest BCUT2D eigenvalue weighted by atomic mass is 10.1. The molecule has 4 nitrogen and oxygen atoms in total. The summed E-state index contributed by atoms with van der Waals surface area (Å²) in [6.07, 6.45) is 4.00. The highest BCUT2D eigenvalue weighted by Crippen LogP contribution is 2.26. The molecule has 146 valence electrons. The summed E-state index contributed by atoms with van der Waals surface area (Å²) >= 11 is 0. The third-order valence-corrected chi connectivity index (χ3v) is 5.09. The smallest absolute Gasteiger partial charge is 0.246 e. The molecule has 1 amide bonds. The van der Waals surface area contributed by atoms with Crippen LogP contribution < -0.4 is 5.32 Å². The average Bonchev–Trinajstić information content (AvgIpc) is 3.08. The van der Waals surface area contributed by atoms with Gasteiger partial charge in [0.15, 0.2) is 0 Å². The molecule has 1 N–H and O–H groups in total. The van der Waals surface area contributed by atoms with E-state index in [1.54, 1.807) is 6.92 Å². The Hall–Kier alpha value is -2.88. The fourth-order valence-electron chi connectivity index (χ4n) is 3.52. The molecule has 0 bridgehead atoms. The summed E-state index contributed by atoms with van der Waals surface area (Å²) in [5, 5.41) is 2.89. The second kappa shape index (κ2) is 9.36. The summed E-state index contributed by atoms with van der Waals surface area (Å²) in [7, 11) is 0. The lowest BCUT2D eigenvalue weighted by molar-refractivity contribution is -0.117. The number of fused-ring (bicyclic) bond motifs is 1. The minimum atomic E-state index is -0.0570. The summed E-state index contributed by atoms with van der Waals surface area (Å²) in [6, 6.07) is 19.2. The van der Waals surface area contributed by atoms with Crippen LogP contribution in [0, 0.1) is 0 Å². The van der Waals surface area contributed by atoms with Crippen molar-refractivity contribution in [1.29, 1.82) is 0 Å². The van der Waals surface area contributed by atoms with E-state index in [-0.39, 0.29) is 11.9 Å². The lowest BCUT2D eigenvalue weighted by Gasteiger charge is -2.18. The molecule has 28 heavy (non-hydrogen) atoms. The number of unbranched alkanes of at least 4 members (excludes halogenated alkanes) is 2. The van der Waals surface area contributed by atoms with Crippen LogP contribution in [0.25, 0.3) is 11.0 Å². The van der Waals surface area contributed by atoms with Gasteiger partial charge >= 0.3 is 0 Å². The zero-order valence-corrected chi connectivity index (χ0v) is 16.8. The predicted molar refractivity (Wildman–Crippen MR) is 115 cm³/mol. The van der Waals surface area contributed by atoms with Crippen molar-refractivity contribution in [1.82, 2.24) is 14.9 Å². The van der Waals surface area contributed by atoms with Gasteiger partial charge in [0, 0.05) is 18.5 Å². The van der Waals surface area contributed by atoms with Crippen LogP contribution in [0.4, 0.5) is 0 Å². The highest BCUT2D eigenvalue weighted by atomic mass is 16.1. The van der Waals surface area contributed by atoms with Crippen molar-refractivity contribution >= 4 is 16.9 Å². The Morgan fingerprint density at radius 2 is 1.79 bits per heavy atom. The molecule has 1 atom stereocenters. The summed E-state index contributed by atoms with van der Waals surface area (Å²) < 4.78 is 2.37. The van der Waals surface area contributed by atoms with Gasteiger partial charge in [0.2, 0.25) is 5.91 Å². The number of nitrogens with zero attached hydrogens (tertiary/aromatic N) is 2. The third kappa shape index (κ3) is 4.69. The number of carbonyl (C=O) groups excluding carboxylic acids is 1. The van der Waals surface area contributed by atoms with Crippen molar-refractivity contribution in [3.05, 3.63) is 78.1 Å². The summed E-state index contributed by atoms with van der Waals surface area (Å²) in [4.78, 5) is 16.4. The van der Waals surface area contributed by atoms with E-state index >= 15 is 0 Å². The fraction of sp³-hybridized carbons (Fsp3) is 0.333. The van der Waals surface area contributed by atoms with Crippen LogP contribution in [0.1, 0.15) is 50.5 Å². The molecule has 1 unspecified atom stereocenters. The summed E-state index contributed by atoms with van der Waals surface area (Å²) in [5.41, 5.74) is 4.08. The van der Waals surface area contributed by atoms with Crippen molar-refractivity contribution < 1.29 is 4.79 Å². The molecule has 3 rings (SSSR count). The molecule has 0 saturated heterocycles. The van der Waals surface area contributed by atoms with Crippen LogP contribution >= 0.6 is 0 Å². The zero-order chi connectivity index (χ0) is 19.9. The van der Waals surface area contributed by atoms with Gasteiger partial charge in [0.1, 0.15) is 5.82 Å². The number of nitrogens with one attached hydrogen (secondary N) is 1. The van der Waals surface area contributed by atoms with Gasteiger partial charge in [-0.15, -0.1) is 0 Å². The van der Waals surface area contributed by atoms with E-state index in [9.17, 15) is 4.79 Å². The first-order valence-corrected chi connectivity index (χ1v) is 10.0. The van der Waals surface area contributed by atoms with Gasteiger partial charge < -0.3 is 9.88 Å². The maximum absolute atomic E-state index is 11.5. The number of aromatic nitrogens is 2. The van der Waals surface area contributed by atoms with Gasteiger partial charge in [-0.3, -0.25) is 4.79 Å². The minimum Gasteiger partial charge on any atom is -0.352 e. The number of rotatable bonds is 9. The van der Waals surface area contributed by atoms with E-state index in [2.05, 4.69) is 71.9 Å². The molecular formula is C24H29N3O. The molecule has 0 radical (unpaired) electrons. The Balaban J connectivity index is 1.67. The quantitative estimate of drug-likeness (QED) is 0.420. The van der Waals surface area contributed by atoms with Crippen LogP contribution in [0.5, 0.6) is 0 Å². The lowest BCUT2D eigenvalue weighted by Crippen LogP contribution is -2.24. The molecule has 1 heterocycles. The second-order valence-electron chi connectivity index (χ2n) is 7.32. The van der Waals surface area contributed by atoms with Crippen LogP contribution in [0.2, 0.25) is 0 Å². The maximum atomic E-state index is 11.5. The van der Waals surface area contributed by atoms with E-state index < -0.39 is 0 Å². The van der Waals surface area contributed by atoms with Crippen molar-refractivity contribution in [2.45, 2.75) is 45.6 Å². The molecule has 0 saturated carbocycles. The van der Waals surface area contributed by atoms with Crippen LogP contribution in [0.3, 0.4) is 0 Å². The van der Waals surface area contributed by atoms with Crippen molar-refractivity contribution in [2.24, 2.45) is 0 Å². The summed E-state index contributed by atoms with van der Waals surface area (Å²) in [6.45, 7) is 8.32. The van der Waals surface area contributed by atoms with E-state index in [1.165, 1.54) is 11.1 Å². The van der Waals surface area contributed by atoms with E-state index in [0.29, 0.717) is 12.1 Å². The Morgan fingerprint density at radius 1 is 1.07 bits per heavy atom. The average molecular weight is 376 g/mol. The zero-order valence-electron chi connectivity index (χ0n) is 16.8. The van der Waals surface area contributed by atoms with Crippen molar-refractivity contribution in [3.8, 4) is 0 Å². The Bertz CT molecular complexity index is 943. The van der Waals surface area contributed by atoms with Gasteiger partial charge in [-0.2, -0.15) is 0 Å². The highest BCUT2D eigenvalue weighted by Gasteiger charge is 2.16. The Kier molecular flexibility index (Phi) is 6.64. The van der Waals surface area contributed by atoms with Crippen LogP contribution in [-0.2, 0) is 11.2 Å². The topological polar surface area (TPSA) is 46.9 Å². The number of hydrogen-bond acceptors (Lipinski definition) is 2. The van der Waals surface area contributed by atoms with Crippen LogP contribution in [-0.4, -0.2) is 22.0 Å². The van der Waals surface area contributed by atoms with Gasteiger partial charge in [0.25, 0.3) is 0 Å². The molecule has 4 heteroatoms. The first-order chi connectivity index (χ1) is 13.6. The molecule has 0 fully saturated rings. The first-order valence-electron chi connectivity index (χ1n) is 10.0. The standard InChI is InChI=1S/C24H29N3O/c1-18(2)24(28)25-17-11-5-8-16-23-26-21-14-9-10-15-22(21)27(23)19(3)20-12-6-4-7-13-20/h4,6-7,9-10,12-15,19H,1,5,8,11,16-17H2,2-3H3,(H,25,28). The Labute approximate surface area is 167 Å². The molecular weight excluding hydrogens is 346 g/mol. The van der Waals surface area contributed by atoms with Gasteiger partial charge in [-0.05, 0) is 44.4 Å². The number of benzene rings is 2. The molecule has 0 spiro atoms. The SMILES string of the molecule is C=C(C)C(=O)NCCCCCc1nc2ccccc2n1C(C)c1ccccc1. The van der Waals surface area contributed by atoms with Crippen molar-refractivity contribution in [3.63, 3.8) is 0 Å². The van der Waals surface area contributed by atoms with Gasteiger partial charge in [-0.1, -0.05) is 55.5 Å². The number of para-hydroxylation sites is 2. The fourth-order valence-corrected chi connectivity index (χ4v) is 3.52. The number of carbonyl (C=O) groups is 1. The molecule has 2 aromatic carbocycles. The van der Waals surface area contributed by atoms with Gasteiger partial charge in [-0.25, -0.2) is 4.98 Å². The normalized spacial score (nSPS) is 12.1. The largest absolute Gasteiger partial charge is 0.352 e. The van der Waals surface area contributed by atoms with E-state index in [4.69, 9.17) is 4.98 Å². The molecule has 0 aliphatic heterocycles. The Morgan fingerprint density at radius 3 is 2.54 bits per heavy atom. The highest BCUT2D eigenvalue weighted by molar-refractivity contribution is 5.92. The number of aryl methyl sites for hydroxylation is 1. The monoisotopic (exact) mass is 375 g/mol. The van der Waals surface area contributed by atoms with Crippen LogP contribution in [0.15, 0.2) is 66.7 Å².